The van der Waals surface area contributed by atoms with Gasteiger partial charge in [0.15, 0.2) is 11.9 Å². The number of hydrogen-bond donors (Lipinski definition) is 4. The summed E-state index contributed by atoms with van der Waals surface area (Å²) in [5.41, 5.74) is 10.5. The van der Waals surface area contributed by atoms with Crippen molar-refractivity contribution in [3.63, 3.8) is 0 Å². The molecule has 0 spiro atoms. The molecular formula is C10H23N5. The quantitative estimate of drug-likeness (QED) is 0.410. The van der Waals surface area contributed by atoms with E-state index in [1.54, 1.807) is 0 Å². The van der Waals surface area contributed by atoms with Crippen molar-refractivity contribution < 1.29 is 0 Å². The van der Waals surface area contributed by atoms with Crippen molar-refractivity contribution >= 4 is 11.9 Å². The molecule has 0 saturated heterocycles. The van der Waals surface area contributed by atoms with Crippen LogP contribution in [0.4, 0.5) is 0 Å². The van der Waals surface area contributed by atoms with Crippen LogP contribution in [0.15, 0.2) is 0 Å². The largest absolute Gasteiger partial charge is 0.370 e. The molecule has 0 aromatic carbocycles. The van der Waals surface area contributed by atoms with Crippen LogP contribution < -0.4 is 11.5 Å². The fourth-order valence-corrected chi connectivity index (χ4v) is 2.16. The van der Waals surface area contributed by atoms with Crippen molar-refractivity contribution in [1.29, 1.82) is 10.8 Å². The van der Waals surface area contributed by atoms with E-state index < -0.39 is 5.54 Å². The van der Waals surface area contributed by atoms with Crippen LogP contribution >= 0.6 is 0 Å². The minimum atomic E-state index is -0.421. The second-order valence-electron chi connectivity index (χ2n) is 5.66. The van der Waals surface area contributed by atoms with Gasteiger partial charge in [-0.25, -0.2) is 0 Å². The maximum atomic E-state index is 7.43. The molecule has 0 aliphatic carbocycles. The van der Waals surface area contributed by atoms with Crippen LogP contribution in [0.3, 0.4) is 0 Å². The van der Waals surface area contributed by atoms with Gasteiger partial charge in [0.05, 0.1) is 0 Å². The van der Waals surface area contributed by atoms with Crippen LogP contribution in [-0.4, -0.2) is 22.4 Å². The van der Waals surface area contributed by atoms with Gasteiger partial charge in [0.25, 0.3) is 0 Å². The highest BCUT2D eigenvalue weighted by Crippen LogP contribution is 2.30. The van der Waals surface area contributed by atoms with Gasteiger partial charge in [0.2, 0.25) is 0 Å². The summed E-state index contributed by atoms with van der Waals surface area (Å²) in [5, 5.41) is 14.9. The fraction of sp³-hybridized carbons (Fsp3) is 0.800. The molecule has 0 aliphatic heterocycles. The normalized spacial score (nSPS) is 12.3. The van der Waals surface area contributed by atoms with E-state index in [0.717, 1.165) is 6.42 Å². The highest BCUT2D eigenvalue weighted by atomic mass is 15.3. The summed E-state index contributed by atoms with van der Waals surface area (Å²) < 4.78 is 0. The summed E-state index contributed by atoms with van der Waals surface area (Å²) in [5.74, 6) is -0.367. The highest BCUT2D eigenvalue weighted by Gasteiger charge is 2.34. The minimum absolute atomic E-state index is 0.0899. The van der Waals surface area contributed by atoms with Crippen molar-refractivity contribution in [3.05, 3.63) is 0 Å². The SMILES string of the molecule is CC(C)(C)CC(C)(C)N(C(=N)N)C(=N)N. The Morgan fingerprint density at radius 1 is 1.00 bits per heavy atom. The van der Waals surface area contributed by atoms with E-state index in [1.807, 2.05) is 13.8 Å². The fourth-order valence-electron chi connectivity index (χ4n) is 2.16. The second-order valence-corrected chi connectivity index (χ2v) is 5.66. The molecule has 0 aromatic rings. The van der Waals surface area contributed by atoms with Gasteiger partial charge in [-0.05, 0) is 25.7 Å². The molecule has 5 heteroatoms. The minimum Gasteiger partial charge on any atom is -0.370 e. The van der Waals surface area contributed by atoms with Crippen LogP contribution in [-0.2, 0) is 0 Å². The Labute approximate surface area is 91.8 Å². The number of nitrogens with two attached hydrogens (primary N) is 2. The first-order chi connectivity index (χ1) is 6.47. The average molecular weight is 213 g/mol. The Morgan fingerprint density at radius 2 is 1.33 bits per heavy atom. The lowest BCUT2D eigenvalue weighted by Gasteiger charge is -2.41. The van der Waals surface area contributed by atoms with E-state index in [9.17, 15) is 0 Å². The molecular weight excluding hydrogens is 190 g/mol. The Kier molecular flexibility index (Phi) is 3.74. The van der Waals surface area contributed by atoms with Crippen LogP contribution in [0, 0.1) is 16.2 Å². The van der Waals surface area contributed by atoms with Crippen LogP contribution in [0.5, 0.6) is 0 Å². The van der Waals surface area contributed by atoms with Crippen molar-refractivity contribution in [2.24, 2.45) is 16.9 Å². The van der Waals surface area contributed by atoms with Gasteiger partial charge in [0, 0.05) is 5.54 Å². The predicted molar refractivity (Wildman–Crippen MR) is 63.8 cm³/mol. The van der Waals surface area contributed by atoms with Crippen molar-refractivity contribution in [2.75, 3.05) is 0 Å². The molecule has 0 bridgehead atoms. The van der Waals surface area contributed by atoms with Gasteiger partial charge < -0.3 is 11.5 Å². The number of guanidine groups is 2. The first-order valence-electron chi connectivity index (χ1n) is 4.96. The molecule has 0 aliphatic rings. The zero-order chi connectivity index (χ0) is 12.4. The van der Waals surface area contributed by atoms with E-state index in [1.165, 1.54) is 4.90 Å². The lowest BCUT2D eigenvalue weighted by molar-refractivity contribution is 0.195. The zero-order valence-electron chi connectivity index (χ0n) is 10.3. The Bertz CT molecular complexity index is 247. The molecule has 0 rings (SSSR count). The summed E-state index contributed by atoms with van der Waals surface area (Å²) in [6.45, 7) is 10.2. The lowest BCUT2D eigenvalue weighted by atomic mass is 9.81. The van der Waals surface area contributed by atoms with E-state index in [4.69, 9.17) is 22.3 Å². The molecule has 5 nitrogen and oxygen atoms in total. The molecule has 0 saturated carbocycles. The van der Waals surface area contributed by atoms with Crippen LogP contribution in [0.25, 0.3) is 0 Å². The first kappa shape index (κ1) is 13.7. The monoisotopic (exact) mass is 213 g/mol. The van der Waals surface area contributed by atoms with E-state index in [0.29, 0.717) is 0 Å². The summed E-state index contributed by atoms with van der Waals surface area (Å²) in [6.07, 6.45) is 0.791. The van der Waals surface area contributed by atoms with Crippen LogP contribution in [0.1, 0.15) is 41.0 Å². The van der Waals surface area contributed by atoms with Crippen LogP contribution in [0.2, 0.25) is 0 Å². The topological polar surface area (TPSA) is 103 Å². The molecule has 0 unspecified atom stereocenters. The molecule has 6 N–H and O–H groups in total. The molecule has 88 valence electrons. The summed E-state index contributed by atoms with van der Waals surface area (Å²) in [4.78, 5) is 1.35. The van der Waals surface area contributed by atoms with Gasteiger partial charge in [-0.1, -0.05) is 20.8 Å². The number of nitrogens with zero attached hydrogens (tertiary/aromatic N) is 1. The van der Waals surface area contributed by atoms with Gasteiger partial charge in [0.1, 0.15) is 0 Å². The molecule has 0 atom stereocenters. The number of nitrogens with one attached hydrogen (secondary N) is 2. The van der Waals surface area contributed by atoms with Gasteiger partial charge in [-0.3, -0.25) is 15.7 Å². The third-order valence-corrected chi connectivity index (χ3v) is 2.05. The highest BCUT2D eigenvalue weighted by molar-refractivity contribution is 5.95. The van der Waals surface area contributed by atoms with Crippen molar-refractivity contribution in [2.45, 2.75) is 46.6 Å². The Balaban J connectivity index is 4.96. The third kappa shape index (κ3) is 4.18. The molecule has 0 heterocycles. The number of hydrogen-bond acceptors (Lipinski definition) is 2. The summed E-state index contributed by atoms with van der Waals surface area (Å²) in [6, 6.07) is 0. The van der Waals surface area contributed by atoms with Crippen molar-refractivity contribution in [3.8, 4) is 0 Å². The summed E-state index contributed by atoms with van der Waals surface area (Å²) in [7, 11) is 0. The maximum absolute atomic E-state index is 7.43. The van der Waals surface area contributed by atoms with E-state index >= 15 is 0 Å². The first-order valence-corrected chi connectivity index (χ1v) is 4.96. The lowest BCUT2D eigenvalue weighted by Crippen LogP contribution is -2.57. The molecule has 0 amide bonds. The predicted octanol–water partition coefficient (Wildman–Crippen LogP) is 1.29. The molecule has 0 radical (unpaired) electrons. The molecule has 0 fully saturated rings. The zero-order valence-corrected chi connectivity index (χ0v) is 10.3. The second kappa shape index (κ2) is 4.08. The van der Waals surface area contributed by atoms with Gasteiger partial charge in [-0.2, -0.15) is 0 Å². The average Bonchev–Trinajstić information content (AvgIpc) is 1.74. The summed E-state index contributed by atoms with van der Waals surface area (Å²) >= 11 is 0. The third-order valence-electron chi connectivity index (χ3n) is 2.05. The molecule has 0 aromatic heterocycles. The Morgan fingerprint density at radius 3 is 1.53 bits per heavy atom. The molecule has 15 heavy (non-hydrogen) atoms. The van der Waals surface area contributed by atoms with Gasteiger partial charge >= 0.3 is 0 Å². The smallest absolute Gasteiger partial charge is 0.195 e. The van der Waals surface area contributed by atoms with E-state index in [2.05, 4.69) is 20.8 Å². The van der Waals surface area contributed by atoms with Crippen molar-refractivity contribution in [1.82, 2.24) is 4.90 Å². The standard InChI is InChI=1S/C10H23N5/c1-9(2,3)6-10(4,5)15(7(11)12)8(13)14/h6H2,1-5H3,(H3,11,12)(H3,13,14). The number of rotatable bonds is 2. The Hall–Kier alpha value is -1.26. The van der Waals surface area contributed by atoms with Gasteiger partial charge in [-0.15, -0.1) is 0 Å². The maximum Gasteiger partial charge on any atom is 0.195 e. The van der Waals surface area contributed by atoms with E-state index in [-0.39, 0.29) is 17.3 Å².